The first-order valence-corrected chi connectivity index (χ1v) is 9.11. The number of ether oxygens (including phenoxy) is 2. The van der Waals surface area contributed by atoms with Gasteiger partial charge in [0, 0.05) is 40.3 Å². The Kier molecular flexibility index (Phi) is 15.1. The third-order valence-electron chi connectivity index (χ3n) is 3.51. The molecular formula is C18H39IN4O3. The van der Waals surface area contributed by atoms with Crippen LogP contribution in [0.2, 0.25) is 0 Å². The van der Waals surface area contributed by atoms with E-state index in [-0.39, 0.29) is 36.2 Å². The summed E-state index contributed by atoms with van der Waals surface area (Å²) in [5, 5.41) is 6.48. The first-order chi connectivity index (χ1) is 11.6. The zero-order valence-corrected chi connectivity index (χ0v) is 20.0. The number of nitrogens with one attached hydrogen (secondary N) is 2. The van der Waals surface area contributed by atoms with Crippen molar-refractivity contribution in [3.05, 3.63) is 0 Å². The van der Waals surface area contributed by atoms with Crippen LogP contribution in [-0.4, -0.2) is 69.0 Å². The number of hydrogen-bond acceptors (Lipinski definition) is 4. The number of nitrogens with zero attached hydrogens (tertiary/aromatic N) is 2. The Morgan fingerprint density at radius 1 is 1.19 bits per heavy atom. The molecule has 0 saturated heterocycles. The van der Waals surface area contributed by atoms with Crippen LogP contribution in [0.25, 0.3) is 0 Å². The van der Waals surface area contributed by atoms with E-state index in [1.54, 1.807) is 19.0 Å². The van der Waals surface area contributed by atoms with Gasteiger partial charge in [0.15, 0.2) is 5.96 Å². The molecule has 1 amide bonds. The first-order valence-electron chi connectivity index (χ1n) is 9.11. The van der Waals surface area contributed by atoms with Crippen LogP contribution in [0.1, 0.15) is 48.0 Å². The van der Waals surface area contributed by atoms with Crippen LogP contribution in [-0.2, 0) is 9.47 Å². The molecule has 2 N–H and O–H groups in total. The highest BCUT2D eigenvalue weighted by Gasteiger charge is 2.19. The van der Waals surface area contributed by atoms with Crippen molar-refractivity contribution in [3.8, 4) is 0 Å². The van der Waals surface area contributed by atoms with E-state index in [2.05, 4.69) is 29.5 Å². The van der Waals surface area contributed by atoms with Crippen molar-refractivity contribution in [1.29, 1.82) is 0 Å². The lowest BCUT2D eigenvalue weighted by molar-refractivity contribution is 0.0257. The molecule has 26 heavy (non-hydrogen) atoms. The summed E-state index contributed by atoms with van der Waals surface area (Å²) in [6.45, 7) is 14.6. The average Bonchev–Trinajstić information content (AvgIpc) is 2.50. The third kappa shape index (κ3) is 13.4. The maximum absolute atomic E-state index is 11.9. The van der Waals surface area contributed by atoms with Crippen LogP contribution in [0.3, 0.4) is 0 Å². The Labute approximate surface area is 176 Å². The lowest BCUT2D eigenvalue weighted by Gasteiger charge is -2.25. The van der Waals surface area contributed by atoms with Crippen LogP contribution in [0, 0.1) is 5.92 Å². The van der Waals surface area contributed by atoms with Crippen molar-refractivity contribution in [1.82, 2.24) is 15.5 Å². The number of carbonyl (C=O) groups is 1. The molecule has 0 aromatic carbocycles. The summed E-state index contributed by atoms with van der Waals surface area (Å²) in [6, 6.07) is 0. The first kappa shape index (κ1) is 27.4. The van der Waals surface area contributed by atoms with Gasteiger partial charge in [-0.15, -0.1) is 24.0 Å². The van der Waals surface area contributed by atoms with Crippen molar-refractivity contribution >= 4 is 36.0 Å². The maximum atomic E-state index is 11.9. The van der Waals surface area contributed by atoms with Crippen molar-refractivity contribution < 1.29 is 14.3 Å². The summed E-state index contributed by atoms with van der Waals surface area (Å²) in [6.07, 6.45) is 0.840. The van der Waals surface area contributed by atoms with Gasteiger partial charge in [-0.1, -0.05) is 13.8 Å². The molecule has 0 rings (SSSR count). The summed E-state index contributed by atoms with van der Waals surface area (Å²) in [5.74, 6) is 1.20. The van der Waals surface area contributed by atoms with Gasteiger partial charge in [0.2, 0.25) is 0 Å². The fraction of sp³-hybridized carbons (Fsp3) is 0.889. The molecule has 0 heterocycles. The van der Waals surface area contributed by atoms with E-state index in [9.17, 15) is 4.79 Å². The lowest BCUT2D eigenvalue weighted by atomic mass is 10.0. The standard InChI is InChI=1S/C18H38N4O3.HI/c1-9-24-15(14(2)3)10-11-20-16(19-7)21-12-13-22(8)17(23)25-18(4,5)6;/h14-15H,9-13H2,1-8H3,(H2,19,20,21);1H. The van der Waals surface area contributed by atoms with Gasteiger partial charge in [0.05, 0.1) is 6.10 Å². The Hall–Kier alpha value is -0.770. The summed E-state index contributed by atoms with van der Waals surface area (Å²) in [5.41, 5.74) is -0.482. The second-order valence-corrected chi connectivity index (χ2v) is 7.35. The molecule has 0 aromatic rings. The van der Waals surface area contributed by atoms with Gasteiger partial charge in [-0.3, -0.25) is 4.99 Å². The largest absolute Gasteiger partial charge is 0.444 e. The van der Waals surface area contributed by atoms with E-state index in [1.807, 2.05) is 27.7 Å². The smallest absolute Gasteiger partial charge is 0.410 e. The predicted octanol–water partition coefficient (Wildman–Crippen LogP) is 3.09. The second kappa shape index (κ2) is 14.3. The number of likely N-dealkylation sites (N-methyl/N-ethyl adjacent to an activating group) is 1. The fourth-order valence-corrected chi connectivity index (χ4v) is 2.15. The van der Waals surface area contributed by atoms with Gasteiger partial charge in [0.25, 0.3) is 0 Å². The van der Waals surface area contributed by atoms with Crippen molar-refractivity contribution in [2.75, 3.05) is 40.3 Å². The van der Waals surface area contributed by atoms with Gasteiger partial charge >= 0.3 is 6.09 Å². The minimum atomic E-state index is -0.482. The van der Waals surface area contributed by atoms with E-state index in [4.69, 9.17) is 9.47 Å². The van der Waals surface area contributed by atoms with Gasteiger partial charge in [-0.05, 0) is 40.0 Å². The Bertz CT molecular complexity index is 412. The van der Waals surface area contributed by atoms with Crippen molar-refractivity contribution in [2.45, 2.75) is 59.7 Å². The van der Waals surface area contributed by atoms with Crippen LogP contribution < -0.4 is 10.6 Å². The predicted molar refractivity (Wildman–Crippen MR) is 119 cm³/mol. The van der Waals surface area contributed by atoms with Gasteiger partial charge in [-0.25, -0.2) is 4.79 Å². The Morgan fingerprint density at radius 2 is 1.77 bits per heavy atom. The molecule has 1 unspecified atom stereocenters. The van der Waals surface area contributed by atoms with Gasteiger partial charge in [0.1, 0.15) is 5.60 Å². The van der Waals surface area contributed by atoms with E-state index in [0.717, 1.165) is 25.5 Å². The number of halogens is 1. The number of hydrogen-bond donors (Lipinski definition) is 2. The molecule has 0 spiro atoms. The normalized spacial score (nSPS) is 13.0. The van der Waals surface area contributed by atoms with Crippen LogP contribution in [0.15, 0.2) is 4.99 Å². The van der Waals surface area contributed by atoms with Crippen LogP contribution in [0.5, 0.6) is 0 Å². The quantitative estimate of drug-likeness (QED) is 0.298. The monoisotopic (exact) mass is 486 g/mol. The van der Waals surface area contributed by atoms with E-state index >= 15 is 0 Å². The van der Waals surface area contributed by atoms with Crippen molar-refractivity contribution in [3.63, 3.8) is 0 Å². The van der Waals surface area contributed by atoms with Crippen LogP contribution >= 0.6 is 24.0 Å². The number of aliphatic imine (C=N–C) groups is 1. The summed E-state index contributed by atoms with van der Waals surface area (Å²) >= 11 is 0. The number of guanidine groups is 1. The highest BCUT2D eigenvalue weighted by molar-refractivity contribution is 14.0. The minimum Gasteiger partial charge on any atom is -0.444 e. The number of rotatable bonds is 9. The number of amides is 1. The Balaban J connectivity index is 0. The highest BCUT2D eigenvalue weighted by Crippen LogP contribution is 2.10. The second-order valence-electron chi connectivity index (χ2n) is 7.35. The molecule has 0 aliphatic carbocycles. The molecule has 156 valence electrons. The minimum absolute atomic E-state index is 0. The highest BCUT2D eigenvalue weighted by atomic mass is 127. The average molecular weight is 486 g/mol. The number of carbonyl (C=O) groups excluding carboxylic acids is 1. The lowest BCUT2D eigenvalue weighted by Crippen LogP contribution is -2.43. The summed E-state index contributed by atoms with van der Waals surface area (Å²) in [4.78, 5) is 17.6. The molecule has 0 radical (unpaired) electrons. The molecule has 0 saturated carbocycles. The van der Waals surface area contributed by atoms with Gasteiger partial charge in [-0.2, -0.15) is 0 Å². The third-order valence-corrected chi connectivity index (χ3v) is 3.51. The fourth-order valence-electron chi connectivity index (χ4n) is 2.15. The molecule has 0 aliphatic heterocycles. The molecule has 0 bridgehead atoms. The van der Waals surface area contributed by atoms with E-state index in [1.165, 1.54) is 0 Å². The van der Waals surface area contributed by atoms with Crippen LogP contribution in [0.4, 0.5) is 4.79 Å². The van der Waals surface area contributed by atoms with E-state index < -0.39 is 5.60 Å². The topological polar surface area (TPSA) is 75.2 Å². The SMILES string of the molecule is CCOC(CCNC(=NC)NCCN(C)C(=O)OC(C)(C)C)C(C)C.I. The summed E-state index contributed by atoms with van der Waals surface area (Å²) in [7, 11) is 3.46. The zero-order valence-electron chi connectivity index (χ0n) is 17.7. The maximum Gasteiger partial charge on any atom is 0.410 e. The summed E-state index contributed by atoms with van der Waals surface area (Å²) < 4.78 is 11.1. The molecule has 7 nitrogen and oxygen atoms in total. The Morgan fingerprint density at radius 3 is 2.23 bits per heavy atom. The molecule has 0 aliphatic rings. The van der Waals surface area contributed by atoms with Crippen molar-refractivity contribution in [2.24, 2.45) is 10.9 Å². The molecule has 0 fully saturated rings. The molecule has 0 aromatic heterocycles. The zero-order chi connectivity index (χ0) is 19.5. The molecule has 8 heteroatoms. The van der Waals surface area contributed by atoms with Gasteiger partial charge < -0.3 is 25.0 Å². The van der Waals surface area contributed by atoms with E-state index in [0.29, 0.717) is 19.0 Å². The molecular weight excluding hydrogens is 447 g/mol. The molecule has 1 atom stereocenters.